The van der Waals surface area contributed by atoms with E-state index in [0.29, 0.717) is 5.82 Å². The molecule has 0 atom stereocenters. The number of hydrogen-bond donors (Lipinski definition) is 2. The van der Waals surface area contributed by atoms with E-state index in [2.05, 4.69) is 56.8 Å². The number of rotatable bonds is 1. The van der Waals surface area contributed by atoms with Crippen LogP contribution in [-0.4, -0.2) is 15.5 Å². The number of hydrogen-bond acceptors (Lipinski definition) is 4. The lowest BCUT2D eigenvalue weighted by atomic mass is 9.95. The van der Waals surface area contributed by atoms with Gasteiger partial charge >= 0.3 is 0 Å². The van der Waals surface area contributed by atoms with E-state index in [1.807, 2.05) is 6.92 Å². The molecule has 4 heteroatoms. The Hall–Kier alpha value is -1.32. The van der Waals surface area contributed by atoms with Crippen molar-refractivity contribution in [3.05, 3.63) is 11.4 Å². The van der Waals surface area contributed by atoms with Crippen LogP contribution in [0.2, 0.25) is 0 Å². The van der Waals surface area contributed by atoms with Crippen molar-refractivity contribution in [3.63, 3.8) is 0 Å². The molecule has 1 aromatic rings. The van der Waals surface area contributed by atoms with Gasteiger partial charge in [-0.05, 0) is 27.7 Å². The molecule has 0 aliphatic carbocycles. The normalized spacial score (nSPS) is 12.6. The molecule has 4 nitrogen and oxygen atoms in total. The van der Waals surface area contributed by atoms with Crippen molar-refractivity contribution >= 4 is 11.6 Å². The standard InChI is InChI=1S/C13H24N4/c1-8-9(14)15-11(12(2,3)4)16-10(8)17-13(5,6)7/h1-7H3,(H3,14,15,16,17). The fourth-order valence-corrected chi connectivity index (χ4v) is 1.35. The van der Waals surface area contributed by atoms with Crippen molar-refractivity contribution in [1.82, 2.24) is 9.97 Å². The maximum atomic E-state index is 5.95. The summed E-state index contributed by atoms with van der Waals surface area (Å²) in [5.74, 6) is 2.15. The van der Waals surface area contributed by atoms with E-state index < -0.39 is 0 Å². The number of nitrogens with one attached hydrogen (secondary N) is 1. The van der Waals surface area contributed by atoms with Gasteiger partial charge in [0.1, 0.15) is 17.5 Å². The van der Waals surface area contributed by atoms with Crippen LogP contribution in [-0.2, 0) is 5.41 Å². The van der Waals surface area contributed by atoms with Crippen LogP contribution in [0.5, 0.6) is 0 Å². The van der Waals surface area contributed by atoms with Gasteiger partial charge in [-0.15, -0.1) is 0 Å². The highest BCUT2D eigenvalue weighted by atomic mass is 15.1. The zero-order chi connectivity index (χ0) is 13.4. The zero-order valence-corrected chi connectivity index (χ0v) is 12.0. The van der Waals surface area contributed by atoms with Crippen molar-refractivity contribution in [2.24, 2.45) is 0 Å². The predicted molar refractivity (Wildman–Crippen MR) is 73.3 cm³/mol. The number of nitrogen functional groups attached to an aromatic ring is 1. The Morgan fingerprint density at radius 1 is 1.00 bits per heavy atom. The molecule has 1 rings (SSSR count). The SMILES string of the molecule is Cc1c(N)nc(C(C)(C)C)nc1NC(C)(C)C. The molecule has 96 valence electrons. The average molecular weight is 236 g/mol. The average Bonchev–Trinajstić information content (AvgIpc) is 2.08. The van der Waals surface area contributed by atoms with Gasteiger partial charge in [0.05, 0.1) is 0 Å². The summed E-state index contributed by atoms with van der Waals surface area (Å²) in [5, 5.41) is 3.37. The lowest BCUT2D eigenvalue weighted by molar-refractivity contribution is 0.543. The highest BCUT2D eigenvalue weighted by molar-refractivity contribution is 5.56. The lowest BCUT2D eigenvalue weighted by Crippen LogP contribution is -2.29. The molecule has 0 unspecified atom stereocenters. The van der Waals surface area contributed by atoms with E-state index in [-0.39, 0.29) is 11.0 Å². The largest absolute Gasteiger partial charge is 0.383 e. The molecule has 1 heterocycles. The molecule has 0 saturated carbocycles. The van der Waals surface area contributed by atoms with Crippen LogP contribution in [0.25, 0.3) is 0 Å². The summed E-state index contributed by atoms with van der Waals surface area (Å²) in [6.45, 7) is 14.5. The van der Waals surface area contributed by atoms with Gasteiger partial charge in [-0.1, -0.05) is 20.8 Å². The van der Waals surface area contributed by atoms with Gasteiger partial charge < -0.3 is 11.1 Å². The van der Waals surface area contributed by atoms with Crippen LogP contribution in [0.1, 0.15) is 52.9 Å². The van der Waals surface area contributed by atoms with Gasteiger partial charge in [0.2, 0.25) is 0 Å². The molecular weight excluding hydrogens is 212 g/mol. The smallest absolute Gasteiger partial charge is 0.138 e. The Labute approximate surface area is 104 Å². The molecule has 0 saturated heterocycles. The Morgan fingerprint density at radius 3 is 1.94 bits per heavy atom. The van der Waals surface area contributed by atoms with Gasteiger partial charge in [0.25, 0.3) is 0 Å². The molecule has 0 radical (unpaired) electrons. The second-order valence-electron chi connectivity index (χ2n) is 6.53. The molecular formula is C13H24N4. The van der Waals surface area contributed by atoms with Crippen LogP contribution in [0.15, 0.2) is 0 Å². The highest BCUT2D eigenvalue weighted by Gasteiger charge is 2.22. The maximum absolute atomic E-state index is 5.95. The van der Waals surface area contributed by atoms with E-state index in [1.165, 1.54) is 0 Å². The van der Waals surface area contributed by atoms with Crippen LogP contribution >= 0.6 is 0 Å². The summed E-state index contributed by atoms with van der Waals surface area (Å²) in [6.07, 6.45) is 0. The first-order valence-electron chi connectivity index (χ1n) is 5.93. The molecule has 0 aliphatic heterocycles. The molecule has 0 amide bonds. The Kier molecular flexibility index (Phi) is 3.37. The third kappa shape index (κ3) is 3.58. The Morgan fingerprint density at radius 2 is 1.53 bits per heavy atom. The van der Waals surface area contributed by atoms with Gasteiger partial charge in [0.15, 0.2) is 0 Å². The van der Waals surface area contributed by atoms with Crippen molar-refractivity contribution in [2.45, 2.75) is 59.4 Å². The summed E-state index contributed by atoms with van der Waals surface area (Å²) in [7, 11) is 0. The van der Waals surface area contributed by atoms with Crippen LogP contribution in [0.3, 0.4) is 0 Å². The molecule has 0 bridgehead atoms. The molecule has 1 aromatic heterocycles. The van der Waals surface area contributed by atoms with E-state index in [1.54, 1.807) is 0 Å². The molecule has 0 aliphatic rings. The van der Waals surface area contributed by atoms with Gasteiger partial charge in [-0.3, -0.25) is 0 Å². The maximum Gasteiger partial charge on any atom is 0.138 e. The number of aromatic nitrogens is 2. The first kappa shape index (κ1) is 13.7. The zero-order valence-electron chi connectivity index (χ0n) is 12.0. The van der Waals surface area contributed by atoms with Gasteiger partial charge in [-0.2, -0.15) is 0 Å². The van der Waals surface area contributed by atoms with Gasteiger partial charge in [-0.25, -0.2) is 9.97 Å². The molecule has 0 aromatic carbocycles. The van der Waals surface area contributed by atoms with Crippen LogP contribution < -0.4 is 11.1 Å². The molecule has 0 fully saturated rings. The first-order valence-corrected chi connectivity index (χ1v) is 5.93. The first-order chi connectivity index (χ1) is 7.50. The van der Waals surface area contributed by atoms with Crippen molar-refractivity contribution < 1.29 is 0 Å². The Bertz CT molecular complexity index is 411. The number of nitrogens with two attached hydrogens (primary N) is 1. The van der Waals surface area contributed by atoms with E-state index in [0.717, 1.165) is 17.2 Å². The minimum absolute atomic E-state index is 0.0410. The van der Waals surface area contributed by atoms with E-state index >= 15 is 0 Å². The van der Waals surface area contributed by atoms with Gasteiger partial charge in [0, 0.05) is 16.5 Å². The summed E-state index contributed by atoms with van der Waals surface area (Å²) in [6, 6.07) is 0. The third-order valence-corrected chi connectivity index (χ3v) is 2.35. The van der Waals surface area contributed by atoms with Crippen LogP contribution in [0, 0.1) is 6.92 Å². The third-order valence-electron chi connectivity index (χ3n) is 2.35. The summed E-state index contributed by atoms with van der Waals surface area (Å²) < 4.78 is 0. The second-order valence-corrected chi connectivity index (χ2v) is 6.53. The minimum atomic E-state index is -0.101. The van der Waals surface area contributed by atoms with E-state index in [9.17, 15) is 0 Å². The fraction of sp³-hybridized carbons (Fsp3) is 0.692. The van der Waals surface area contributed by atoms with Crippen LogP contribution in [0.4, 0.5) is 11.6 Å². The Balaban J connectivity index is 3.26. The summed E-state index contributed by atoms with van der Waals surface area (Å²) in [4.78, 5) is 8.95. The lowest BCUT2D eigenvalue weighted by Gasteiger charge is -2.25. The monoisotopic (exact) mass is 236 g/mol. The predicted octanol–water partition coefficient (Wildman–Crippen LogP) is 2.88. The number of anilines is 2. The summed E-state index contributed by atoms with van der Waals surface area (Å²) >= 11 is 0. The van der Waals surface area contributed by atoms with E-state index in [4.69, 9.17) is 5.73 Å². The topological polar surface area (TPSA) is 63.8 Å². The molecule has 3 N–H and O–H groups in total. The highest BCUT2D eigenvalue weighted by Crippen LogP contribution is 2.26. The quantitative estimate of drug-likeness (QED) is 0.787. The van der Waals surface area contributed by atoms with Crippen molar-refractivity contribution in [3.8, 4) is 0 Å². The summed E-state index contributed by atoms with van der Waals surface area (Å²) in [5.41, 5.74) is 6.71. The molecule has 17 heavy (non-hydrogen) atoms. The van der Waals surface area contributed by atoms with Crippen molar-refractivity contribution in [1.29, 1.82) is 0 Å². The number of nitrogens with zero attached hydrogens (tertiary/aromatic N) is 2. The fourth-order valence-electron chi connectivity index (χ4n) is 1.35. The van der Waals surface area contributed by atoms with Crippen molar-refractivity contribution in [2.75, 3.05) is 11.1 Å². The molecule has 0 spiro atoms. The minimum Gasteiger partial charge on any atom is -0.383 e. The second kappa shape index (κ2) is 4.17.